The number of hydrogen-bond donors (Lipinski definition) is 1. The topological polar surface area (TPSA) is 76.7 Å². The Bertz CT molecular complexity index is 1380. The summed E-state index contributed by atoms with van der Waals surface area (Å²) >= 11 is 0. The SMILES string of the molecule is CC(C)n1ccc(-c2[nH]c(CCc3cc(F)cc(F)c3)nc2-c2ccc3ncnn3c2)n1. The van der Waals surface area contributed by atoms with Gasteiger partial charge in [0.25, 0.3) is 0 Å². The van der Waals surface area contributed by atoms with Gasteiger partial charge in [-0.15, -0.1) is 0 Å². The van der Waals surface area contributed by atoms with E-state index in [9.17, 15) is 8.78 Å². The largest absolute Gasteiger partial charge is 0.340 e. The van der Waals surface area contributed by atoms with E-state index in [4.69, 9.17) is 4.98 Å². The molecular weight excluding hydrogens is 412 g/mol. The van der Waals surface area contributed by atoms with Crippen LogP contribution in [0.1, 0.15) is 31.3 Å². The Morgan fingerprint density at radius 3 is 2.59 bits per heavy atom. The molecule has 0 aliphatic rings. The minimum Gasteiger partial charge on any atom is -0.340 e. The highest BCUT2D eigenvalue weighted by molar-refractivity contribution is 5.76. The van der Waals surface area contributed by atoms with Crippen LogP contribution in [0.5, 0.6) is 0 Å². The van der Waals surface area contributed by atoms with Crippen LogP contribution in [0.2, 0.25) is 0 Å². The van der Waals surface area contributed by atoms with Crippen molar-refractivity contribution >= 4 is 5.65 Å². The molecule has 0 saturated carbocycles. The predicted octanol–water partition coefficient (Wildman–Crippen LogP) is 4.63. The predicted molar refractivity (Wildman–Crippen MR) is 116 cm³/mol. The Balaban J connectivity index is 1.53. The van der Waals surface area contributed by atoms with Gasteiger partial charge < -0.3 is 4.98 Å². The normalized spacial score (nSPS) is 11.7. The summed E-state index contributed by atoms with van der Waals surface area (Å²) in [6, 6.07) is 9.55. The van der Waals surface area contributed by atoms with Crippen molar-refractivity contribution in [3.8, 4) is 22.6 Å². The number of benzene rings is 1. The number of nitrogens with zero attached hydrogens (tertiary/aromatic N) is 6. The third-order valence-electron chi connectivity index (χ3n) is 5.27. The minimum atomic E-state index is -0.582. The van der Waals surface area contributed by atoms with Gasteiger partial charge in [0.05, 0.1) is 11.4 Å². The van der Waals surface area contributed by atoms with E-state index in [2.05, 4.69) is 34.0 Å². The Kier molecular flexibility index (Phi) is 5.01. The molecule has 4 heterocycles. The summed E-state index contributed by atoms with van der Waals surface area (Å²) in [6.07, 6.45) is 6.24. The molecule has 0 fully saturated rings. The fraction of sp³-hybridized carbons (Fsp3) is 0.217. The van der Waals surface area contributed by atoms with E-state index in [0.29, 0.717) is 24.2 Å². The van der Waals surface area contributed by atoms with Gasteiger partial charge in [0, 0.05) is 36.5 Å². The molecule has 0 saturated heterocycles. The van der Waals surface area contributed by atoms with Crippen LogP contribution >= 0.6 is 0 Å². The fourth-order valence-corrected chi connectivity index (χ4v) is 3.67. The van der Waals surface area contributed by atoms with Gasteiger partial charge in [-0.2, -0.15) is 10.2 Å². The molecule has 162 valence electrons. The number of hydrogen-bond acceptors (Lipinski definition) is 4. The van der Waals surface area contributed by atoms with Gasteiger partial charge in [-0.05, 0) is 56.2 Å². The third-order valence-corrected chi connectivity index (χ3v) is 5.27. The molecule has 5 rings (SSSR count). The van der Waals surface area contributed by atoms with Crippen LogP contribution in [-0.4, -0.2) is 34.3 Å². The van der Waals surface area contributed by atoms with Crippen molar-refractivity contribution in [2.75, 3.05) is 0 Å². The number of aromatic amines is 1. The molecule has 0 bridgehead atoms. The van der Waals surface area contributed by atoms with Gasteiger partial charge in [-0.25, -0.2) is 23.3 Å². The molecule has 1 N–H and O–H groups in total. The van der Waals surface area contributed by atoms with Crippen LogP contribution in [0.25, 0.3) is 28.3 Å². The van der Waals surface area contributed by atoms with Crippen molar-refractivity contribution < 1.29 is 8.78 Å². The van der Waals surface area contributed by atoms with Crippen molar-refractivity contribution in [1.29, 1.82) is 0 Å². The quantitative estimate of drug-likeness (QED) is 0.424. The van der Waals surface area contributed by atoms with E-state index < -0.39 is 11.6 Å². The highest BCUT2D eigenvalue weighted by Gasteiger charge is 2.18. The lowest BCUT2D eigenvalue weighted by molar-refractivity contribution is 0.534. The van der Waals surface area contributed by atoms with Crippen LogP contribution in [0.3, 0.4) is 0 Å². The average molecular weight is 433 g/mol. The fourth-order valence-electron chi connectivity index (χ4n) is 3.67. The highest BCUT2D eigenvalue weighted by Crippen LogP contribution is 2.30. The lowest BCUT2D eigenvalue weighted by Gasteiger charge is -2.04. The maximum Gasteiger partial charge on any atom is 0.155 e. The molecule has 1 aromatic carbocycles. The third kappa shape index (κ3) is 3.89. The standard InChI is InChI=1S/C23H21F2N7/c1-14(2)31-8-7-19(30-31)23-22(16-4-6-21-26-13-27-32(21)12-16)28-20(29-23)5-3-15-9-17(24)11-18(25)10-15/h4,6-14H,3,5H2,1-2H3,(H,28,29). The average Bonchev–Trinajstić information content (AvgIpc) is 3.49. The van der Waals surface area contributed by atoms with Crippen LogP contribution in [-0.2, 0) is 12.8 Å². The molecule has 0 aliphatic carbocycles. The zero-order valence-electron chi connectivity index (χ0n) is 17.6. The summed E-state index contributed by atoms with van der Waals surface area (Å²) in [4.78, 5) is 12.4. The van der Waals surface area contributed by atoms with Crippen LogP contribution < -0.4 is 0 Å². The Labute approximate surface area is 182 Å². The summed E-state index contributed by atoms with van der Waals surface area (Å²) in [5.41, 5.74) is 4.46. The molecule has 0 unspecified atom stereocenters. The number of fused-ring (bicyclic) bond motifs is 1. The number of imidazole rings is 1. The zero-order valence-corrected chi connectivity index (χ0v) is 17.6. The summed E-state index contributed by atoms with van der Waals surface area (Å²) in [5, 5.41) is 8.90. The molecule has 0 radical (unpaired) electrons. The monoisotopic (exact) mass is 433 g/mol. The molecule has 4 aromatic heterocycles. The van der Waals surface area contributed by atoms with E-state index in [1.54, 1.807) is 4.52 Å². The first-order valence-electron chi connectivity index (χ1n) is 10.4. The number of rotatable bonds is 6. The van der Waals surface area contributed by atoms with Crippen molar-refractivity contribution in [2.45, 2.75) is 32.7 Å². The first kappa shape index (κ1) is 20.0. The highest BCUT2D eigenvalue weighted by atomic mass is 19.1. The molecule has 9 heteroatoms. The molecule has 32 heavy (non-hydrogen) atoms. The van der Waals surface area contributed by atoms with E-state index in [0.717, 1.165) is 34.4 Å². The molecule has 7 nitrogen and oxygen atoms in total. The van der Waals surface area contributed by atoms with Crippen molar-refractivity contribution in [3.63, 3.8) is 0 Å². The Hall–Kier alpha value is -3.88. The molecule has 5 aromatic rings. The second-order valence-corrected chi connectivity index (χ2v) is 7.94. The van der Waals surface area contributed by atoms with Gasteiger partial charge in [-0.1, -0.05) is 0 Å². The van der Waals surface area contributed by atoms with Gasteiger partial charge in [0.15, 0.2) is 5.65 Å². The number of H-pyrrole nitrogens is 1. The van der Waals surface area contributed by atoms with Crippen molar-refractivity contribution in [3.05, 3.63) is 78.1 Å². The summed E-state index contributed by atoms with van der Waals surface area (Å²) in [7, 11) is 0. The van der Waals surface area contributed by atoms with Gasteiger partial charge >= 0.3 is 0 Å². The number of nitrogens with one attached hydrogen (secondary N) is 1. The maximum absolute atomic E-state index is 13.5. The van der Waals surface area contributed by atoms with Gasteiger partial charge in [0.1, 0.15) is 29.5 Å². The number of halogens is 2. The Morgan fingerprint density at radius 2 is 1.84 bits per heavy atom. The summed E-state index contributed by atoms with van der Waals surface area (Å²) in [5.74, 6) is -0.459. The summed E-state index contributed by atoms with van der Waals surface area (Å²) < 4.78 is 30.7. The minimum absolute atomic E-state index is 0.226. The van der Waals surface area contributed by atoms with E-state index in [1.165, 1.54) is 18.5 Å². The molecule has 0 aliphatic heterocycles. The Morgan fingerprint density at radius 1 is 1.03 bits per heavy atom. The molecular formula is C23H21F2N7. The number of aromatic nitrogens is 7. The second kappa shape index (κ2) is 7.99. The van der Waals surface area contributed by atoms with Crippen molar-refractivity contribution in [1.82, 2.24) is 34.3 Å². The van der Waals surface area contributed by atoms with Crippen LogP contribution in [0.4, 0.5) is 8.78 Å². The van der Waals surface area contributed by atoms with Crippen LogP contribution in [0.15, 0.2) is 55.1 Å². The summed E-state index contributed by atoms with van der Waals surface area (Å²) in [6.45, 7) is 4.12. The first-order valence-corrected chi connectivity index (χ1v) is 10.4. The number of pyridine rings is 1. The molecule has 0 atom stereocenters. The lowest BCUT2D eigenvalue weighted by atomic mass is 10.1. The molecule has 0 spiro atoms. The second-order valence-electron chi connectivity index (χ2n) is 7.94. The van der Waals surface area contributed by atoms with E-state index in [1.807, 2.05) is 35.3 Å². The van der Waals surface area contributed by atoms with Gasteiger partial charge in [0.2, 0.25) is 0 Å². The van der Waals surface area contributed by atoms with E-state index >= 15 is 0 Å². The maximum atomic E-state index is 13.5. The number of aryl methyl sites for hydroxylation is 2. The zero-order chi connectivity index (χ0) is 22.2. The first-order chi connectivity index (χ1) is 15.5. The molecule has 0 amide bonds. The van der Waals surface area contributed by atoms with Crippen LogP contribution in [0, 0.1) is 11.6 Å². The lowest BCUT2D eigenvalue weighted by Crippen LogP contribution is -2.01. The van der Waals surface area contributed by atoms with Gasteiger partial charge in [-0.3, -0.25) is 4.68 Å². The smallest absolute Gasteiger partial charge is 0.155 e. The van der Waals surface area contributed by atoms with Crippen molar-refractivity contribution in [2.24, 2.45) is 0 Å². The van der Waals surface area contributed by atoms with E-state index in [-0.39, 0.29) is 6.04 Å².